The van der Waals surface area contributed by atoms with Crippen molar-refractivity contribution in [3.8, 4) is 0 Å². The molecule has 0 fully saturated rings. The van der Waals surface area contributed by atoms with Crippen molar-refractivity contribution >= 4 is 45.2 Å². The van der Waals surface area contributed by atoms with Crippen LogP contribution in [0.25, 0.3) is 10.9 Å². The molecule has 0 spiro atoms. The molecule has 0 aliphatic heterocycles. The number of hydrogen-bond acceptors (Lipinski definition) is 4. The summed E-state index contributed by atoms with van der Waals surface area (Å²) in [6.45, 7) is 2.01. The number of fused-ring (bicyclic) bond motifs is 1. The fourth-order valence-corrected chi connectivity index (χ4v) is 2.59. The van der Waals surface area contributed by atoms with Gasteiger partial charge >= 0.3 is 5.97 Å². The van der Waals surface area contributed by atoms with Crippen LogP contribution in [0.4, 0.5) is 10.1 Å². The first-order valence-electron chi connectivity index (χ1n) is 5.71. The van der Waals surface area contributed by atoms with E-state index in [2.05, 4.69) is 10.3 Å². The Bertz CT molecular complexity index is 646. The molecule has 0 saturated carbocycles. The first-order chi connectivity index (χ1) is 9.08. The third-order valence-electron chi connectivity index (χ3n) is 2.63. The van der Waals surface area contributed by atoms with Gasteiger partial charge in [0.25, 0.3) is 0 Å². The third-order valence-corrected chi connectivity index (χ3v) is 3.46. The van der Waals surface area contributed by atoms with Gasteiger partial charge in [0.2, 0.25) is 0 Å². The molecular weight excluding hydrogens is 362 g/mol. The number of nitrogens with one attached hydrogen (secondary N) is 1. The molecule has 0 radical (unpaired) electrons. The molecule has 0 aliphatic carbocycles. The van der Waals surface area contributed by atoms with Gasteiger partial charge in [-0.25, -0.2) is 9.18 Å². The average Bonchev–Trinajstić information content (AvgIpc) is 2.37. The smallest absolute Gasteiger partial charge is 0.341 e. The van der Waals surface area contributed by atoms with E-state index in [9.17, 15) is 9.18 Å². The van der Waals surface area contributed by atoms with E-state index in [1.165, 1.54) is 18.3 Å². The number of ether oxygens (including phenoxy) is 1. The standard InChI is InChI=1S/C13H12FIN2O2/c1-3-19-13(18)9-6-17-12-8(11(9)16-2)4-7(14)5-10(12)15/h4-6H,3H2,1-2H3,(H,16,17). The predicted molar refractivity (Wildman–Crippen MR) is 79.9 cm³/mol. The van der Waals surface area contributed by atoms with Gasteiger partial charge in [-0.3, -0.25) is 4.98 Å². The van der Waals surface area contributed by atoms with Crippen LogP contribution in [0.15, 0.2) is 18.3 Å². The summed E-state index contributed by atoms with van der Waals surface area (Å²) < 4.78 is 19.2. The van der Waals surface area contributed by atoms with Gasteiger partial charge in [0.1, 0.15) is 11.4 Å². The van der Waals surface area contributed by atoms with Crippen LogP contribution in [0, 0.1) is 9.39 Å². The second-order valence-electron chi connectivity index (χ2n) is 3.80. The minimum Gasteiger partial charge on any atom is -0.462 e. The average molecular weight is 374 g/mol. The number of carbonyl (C=O) groups is 1. The van der Waals surface area contributed by atoms with E-state index in [0.717, 1.165) is 0 Å². The van der Waals surface area contributed by atoms with Crippen molar-refractivity contribution in [2.75, 3.05) is 19.0 Å². The number of esters is 1. The molecule has 0 bridgehead atoms. The van der Waals surface area contributed by atoms with Crippen LogP contribution in [0.3, 0.4) is 0 Å². The van der Waals surface area contributed by atoms with Gasteiger partial charge in [-0.05, 0) is 41.6 Å². The van der Waals surface area contributed by atoms with Crippen LogP contribution in [0.2, 0.25) is 0 Å². The Balaban J connectivity index is 2.72. The number of pyridine rings is 1. The van der Waals surface area contributed by atoms with Crippen molar-refractivity contribution in [3.63, 3.8) is 0 Å². The zero-order chi connectivity index (χ0) is 14.0. The van der Waals surface area contributed by atoms with Gasteiger partial charge in [-0.1, -0.05) is 0 Å². The lowest BCUT2D eigenvalue weighted by Gasteiger charge is -2.12. The molecule has 100 valence electrons. The summed E-state index contributed by atoms with van der Waals surface area (Å²) in [5.74, 6) is -0.836. The van der Waals surface area contributed by atoms with E-state index in [1.54, 1.807) is 14.0 Å². The van der Waals surface area contributed by atoms with Gasteiger partial charge < -0.3 is 10.1 Å². The summed E-state index contributed by atoms with van der Waals surface area (Å²) in [5.41, 5.74) is 1.48. The Kier molecular flexibility index (Phi) is 4.18. The highest BCUT2D eigenvalue weighted by atomic mass is 127. The van der Waals surface area contributed by atoms with Gasteiger partial charge in [-0.15, -0.1) is 0 Å². The number of nitrogens with zero attached hydrogens (tertiary/aromatic N) is 1. The zero-order valence-corrected chi connectivity index (χ0v) is 12.6. The fraction of sp³-hybridized carbons (Fsp3) is 0.231. The maximum Gasteiger partial charge on any atom is 0.341 e. The van der Waals surface area contributed by atoms with Crippen molar-refractivity contribution in [2.45, 2.75) is 6.92 Å². The Hall–Kier alpha value is -1.44. The number of hydrogen-bond donors (Lipinski definition) is 1. The lowest BCUT2D eigenvalue weighted by atomic mass is 10.1. The van der Waals surface area contributed by atoms with Gasteiger partial charge in [-0.2, -0.15) is 0 Å². The Morgan fingerprint density at radius 1 is 1.53 bits per heavy atom. The van der Waals surface area contributed by atoms with Crippen molar-refractivity contribution in [1.29, 1.82) is 0 Å². The number of benzene rings is 1. The van der Waals surface area contributed by atoms with Crippen LogP contribution in [0.1, 0.15) is 17.3 Å². The van der Waals surface area contributed by atoms with Crippen molar-refractivity contribution in [3.05, 3.63) is 33.3 Å². The van der Waals surface area contributed by atoms with Crippen LogP contribution >= 0.6 is 22.6 Å². The molecule has 1 heterocycles. The lowest BCUT2D eigenvalue weighted by molar-refractivity contribution is 0.0527. The first kappa shape index (κ1) is 14.0. The van der Waals surface area contributed by atoms with Gasteiger partial charge in [0.15, 0.2) is 0 Å². The molecule has 2 rings (SSSR count). The summed E-state index contributed by atoms with van der Waals surface area (Å²) in [4.78, 5) is 16.1. The van der Waals surface area contributed by atoms with Crippen molar-refractivity contribution in [1.82, 2.24) is 4.98 Å². The molecule has 4 nitrogen and oxygen atoms in total. The Morgan fingerprint density at radius 3 is 2.89 bits per heavy atom. The highest BCUT2D eigenvalue weighted by molar-refractivity contribution is 14.1. The zero-order valence-electron chi connectivity index (χ0n) is 10.5. The minimum atomic E-state index is -0.472. The SMILES string of the molecule is CCOC(=O)c1cnc2c(I)cc(F)cc2c1NC. The van der Waals surface area contributed by atoms with Crippen LogP contribution < -0.4 is 5.32 Å². The number of anilines is 1. The fourth-order valence-electron chi connectivity index (χ4n) is 1.86. The highest BCUT2D eigenvalue weighted by Gasteiger charge is 2.17. The van der Waals surface area contributed by atoms with Gasteiger partial charge in [0, 0.05) is 22.2 Å². The molecule has 0 aliphatic rings. The van der Waals surface area contributed by atoms with Gasteiger partial charge in [0.05, 0.1) is 17.8 Å². The monoisotopic (exact) mass is 374 g/mol. The molecule has 1 aromatic heterocycles. The quantitative estimate of drug-likeness (QED) is 0.662. The molecule has 19 heavy (non-hydrogen) atoms. The molecule has 2 aromatic rings. The van der Waals surface area contributed by atoms with Crippen molar-refractivity contribution in [2.24, 2.45) is 0 Å². The summed E-state index contributed by atoms with van der Waals surface area (Å²) in [6, 6.07) is 2.76. The number of halogens is 2. The second kappa shape index (κ2) is 5.68. The largest absolute Gasteiger partial charge is 0.462 e. The number of carbonyl (C=O) groups excluding carboxylic acids is 1. The van der Waals surface area contributed by atoms with E-state index >= 15 is 0 Å². The summed E-state index contributed by atoms with van der Waals surface area (Å²) in [6.07, 6.45) is 1.45. The molecule has 1 N–H and O–H groups in total. The van der Waals surface area contributed by atoms with E-state index in [1.807, 2.05) is 22.6 Å². The Labute approximate surface area is 123 Å². The summed E-state index contributed by atoms with van der Waals surface area (Å²) >= 11 is 2.02. The van der Waals surface area contributed by atoms with Crippen molar-refractivity contribution < 1.29 is 13.9 Å². The molecule has 0 atom stereocenters. The molecule has 0 saturated heterocycles. The van der Waals surface area contributed by atoms with Crippen LogP contribution in [-0.4, -0.2) is 24.6 Å². The Morgan fingerprint density at radius 2 is 2.26 bits per heavy atom. The number of aromatic nitrogens is 1. The second-order valence-corrected chi connectivity index (χ2v) is 4.96. The van der Waals surface area contributed by atoms with E-state index in [4.69, 9.17) is 4.74 Å². The summed E-state index contributed by atoms with van der Waals surface area (Å²) in [5, 5.41) is 3.49. The normalized spacial score (nSPS) is 10.5. The molecule has 1 aromatic carbocycles. The molecule has 0 amide bonds. The maximum absolute atomic E-state index is 13.5. The number of rotatable bonds is 3. The molecule has 0 unspecified atom stereocenters. The molecular formula is C13H12FIN2O2. The van der Waals surface area contributed by atoms with Crippen LogP contribution in [-0.2, 0) is 4.74 Å². The first-order valence-corrected chi connectivity index (χ1v) is 6.79. The topological polar surface area (TPSA) is 51.2 Å². The summed E-state index contributed by atoms with van der Waals surface area (Å²) in [7, 11) is 1.68. The van der Waals surface area contributed by atoms with Crippen LogP contribution in [0.5, 0.6) is 0 Å². The van der Waals surface area contributed by atoms with E-state index < -0.39 is 5.97 Å². The van der Waals surface area contributed by atoms with E-state index in [0.29, 0.717) is 25.7 Å². The highest BCUT2D eigenvalue weighted by Crippen LogP contribution is 2.29. The maximum atomic E-state index is 13.5. The third kappa shape index (κ3) is 2.63. The lowest BCUT2D eigenvalue weighted by Crippen LogP contribution is -2.09. The van der Waals surface area contributed by atoms with E-state index in [-0.39, 0.29) is 12.4 Å². The molecule has 6 heteroatoms. The predicted octanol–water partition coefficient (Wildman–Crippen LogP) is 3.20. The minimum absolute atomic E-state index is 0.278.